The number of rotatable bonds is 6. The average molecular weight is 380 g/mol. The summed E-state index contributed by atoms with van der Waals surface area (Å²) < 4.78 is 10.7. The van der Waals surface area contributed by atoms with E-state index in [0.29, 0.717) is 31.8 Å². The summed E-state index contributed by atoms with van der Waals surface area (Å²) in [5, 5.41) is 11.8. The lowest BCUT2D eigenvalue weighted by molar-refractivity contribution is 0.191. The fourth-order valence-corrected chi connectivity index (χ4v) is 3.03. The van der Waals surface area contributed by atoms with Crippen LogP contribution in [0.5, 0.6) is 11.5 Å². The summed E-state index contributed by atoms with van der Waals surface area (Å²) >= 11 is 0. The number of piperazine rings is 1. The fourth-order valence-electron chi connectivity index (χ4n) is 3.03. The molecule has 7 nitrogen and oxygen atoms in total. The molecule has 1 fully saturated rings. The fraction of sp³-hybridized carbons (Fsp3) is 0.333. The molecule has 0 bridgehead atoms. The quantitative estimate of drug-likeness (QED) is 0.779. The van der Waals surface area contributed by atoms with Crippen molar-refractivity contribution < 1.29 is 14.3 Å². The van der Waals surface area contributed by atoms with Crippen LogP contribution in [0.4, 0.5) is 10.5 Å². The second-order valence-corrected chi connectivity index (χ2v) is 6.39. The molecule has 0 saturated carbocycles. The number of hydrogen-bond donors (Lipinski definition) is 1. The number of carbonyl (C=O) groups excluding carboxylic acids is 1. The molecular formula is C21H24N4O3. The summed E-state index contributed by atoms with van der Waals surface area (Å²) in [7, 11) is 1.62. The lowest BCUT2D eigenvalue weighted by Crippen LogP contribution is -2.52. The highest BCUT2D eigenvalue weighted by molar-refractivity contribution is 5.74. The van der Waals surface area contributed by atoms with Crippen LogP contribution in [-0.2, 0) is 0 Å². The van der Waals surface area contributed by atoms with E-state index in [4.69, 9.17) is 14.7 Å². The predicted octanol–water partition coefficient (Wildman–Crippen LogP) is 2.48. The predicted molar refractivity (Wildman–Crippen MR) is 107 cm³/mol. The Labute approximate surface area is 165 Å². The Bertz CT molecular complexity index is 807. The van der Waals surface area contributed by atoms with E-state index in [2.05, 4.69) is 16.3 Å². The lowest BCUT2D eigenvalue weighted by Gasteiger charge is -2.36. The molecule has 0 radical (unpaired) electrons. The molecule has 1 saturated heterocycles. The highest BCUT2D eigenvalue weighted by atomic mass is 16.5. The summed E-state index contributed by atoms with van der Waals surface area (Å²) in [6, 6.07) is 16.9. The number of anilines is 1. The van der Waals surface area contributed by atoms with E-state index < -0.39 is 0 Å². The monoisotopic (exact) mass is 380 g/mol. The maximum absolute atomic E-state index is 12.3. The molecule has 7 heteroatoms. The third-order valence-electron chi connectivity index (χ3n) is 4.63. The molecule has 28 heavy (non-hydrogen) atoms. The zero-order chi connectivity index (χ0) is 19.8. The zero-order valence-corrected chi connectivity index (χ0v) is 15.9. The number of ether oxygens (including phenoxy) is 2. The largest absolute Gasteiger partial charge is 0.497 e. The third-order valence-corrected chi connectivity index (χ3v) is 4.63. The molecule has 1 heterocycles. The van der Waals surface area contributed by atoms with Gasteiger partial charge in [-0.25, -0.2) is 4.79 Å². The molecule has 0 aliphatic carbocycles. The topological polar surface area (TPSA) is 77.8 Å². The number of nitrogens with zero attached hydrogens (tertiary/aromatic N) is 3. The van der Waals surface area contributed by atoms with Gasteiger partial charge in [-0.2, -0.15) is 5.26 Å². The standard InChI is InChI=1S/C21H24N4O3/c1-27-19-6-8-20(9-7-19)28-15-10-23-21(26)25-13-11-24(12-14-25)18-4-2-17(16-22)3-5-18/h2-9H,10-15H2,1H3,(H,23,26). The van der Waals surface area contributed by atoms with Crippen LogP contribution in [0.1, 0.15) is 5.56 Å². The van der Waals surface area contributed by atoms with E-state index in [0.717, 1.165) is 30.3 Å². The third kappa shape index (κ3) is 5.07. The van der Waals surface area contributed by atoms with Gasteiger partial charge in [0.2, 0.25) is 0 Å². The Kier molecular flexibility index (Phi) is 6.58. The first-order valence-electron chi connectivity index (χ1n) is 9.24. The van der Waals surface area contributed by atoms with Crippen molar-refractivity contribution in [1.29, 1.82) is 5.26 Å². The zero-order valence-electron chi connectivity index (χ0n) is 15.9. The molecule has 146 valence electrons. The Hall–Kier alpha value is -3.40. The Morgan fingerprint density at radius 1 is 1.04 bits per heavy atom. The number of benzene rings is 2. The number of nitriles is 1. The van der Waals surface area contributed by atoms with E-state index in [1.165, 1.54) is 0 Å². The van der Waals surface area contributed by atoms with Crippen LogP contribution in [0.25, 0.3) is 0 Å². The molecule has 2 aromatic rings. The Balaban J connectivity index is 1.37. The normalized spacial score (nSPS) is 13.6. The van der Waals surface area contributed by atoms with Crippen molar-refractivity contribution in [2.75, 3.05) is 51.3 Å². The van der Waals surface area contributed by atoms with Crippen LogP contribution in [0.15, 0.2) is 48.5 Å². The van der Waals surface area contributed by atoms with Gasteiger partial charge < -0.3 is 24.6 Å². The van der Waals surface area contributed by atoms with Crippen LogP contribution in [-0.4, -0.2) is 57.4 Å². The van der Waals surface area contributed by atoms with Crippen molar-refractivity contribution in [2.45, 2.75) is 0 Å². The molecule has 0 spiro atoms. The molecule has 0 aromatic heterocycles. The number of carbonyl (C=O) groups is 1. The van der Waals surface area contributed by atoms with Crippen molar-refractivity contribution >= 4 is 11.7 Å². The maximum Gasteiger partial charge on any atom is 0.317 e. The minimum absolute atomic E-state index is 0.0715. The molecule has 0 unspecified atom stereocenters. The minimum Gasteiger partial charge on any atom is -0.497 e. The van der Waals surface area contributed by atoms with E-state index in [1.807, 2.05) is 53.4 Å². The number of urea groups is 1. The van der Waals surface area contributed by atoms with Crippen molar-refractivity contribution in [3.63, 3.8) is 0 Å². The summed E-state index contributed by atoms with van der Waals surface area (Å²) in [6.45, 7) is 3.70. The highest BCUT2D eigenvalue weighted by Gasteiger charge is 2.21. The van der Waals surface area contributed by atoms with Crippen molar-refractivity contribution in [2.24, 2.45) is 0 Å². The molecule has 1 aliphatic rings. The second kappa shape index (κ2) is 9.51. The van der Waals surface area contributed by atoms with Crippen molar-refractivity contribution in [3.8, 4) is 17.6 Å². The Morgan fingerprint density at radius 2 is 1.68 bits per heavy atom. The summed E-state index contributed by atoms with van der Waals surface area (Å²) in [5.41, 5.74) is 1.73. The van der Waals surface area contributed by atoms with Gasteiger partial charge in [0, 0.05) is 31.9 Å². The van der Waals surface area contributed by atoms with Gasteiger partial charge in [0.15, 0.2) is 0 Å². The van der Waals surface area contributed by atoms with Crippen molar-refractivity contribution in [1.82, 2.24) is 10.2 Å². The van der Waals surface area contributed by atoms with Gasteiger partial charge in [0.25, 0.3) is 0 Å². The summed E-state index contributed by atoms with van der Waals surface area (Å²) in [6.07, 6.45) is 0. The van der Waals surface area contributed by atoms with Gasteiger partial charge in [0.05, 0.1) is 25.3 Å². The van der Waals surface area contributed by atoms with Crippen LogP contribution >= 0.6 is 0 Å². The average Bonchev–Trinajstić information content (AvgIpc) is 2.77. The SMILES string of the molecule is COc1ccc(OCCNC(=O)N2CCN(c3ccc(C#N)cc3)CC2)cc1. The first-order chi connectivity index (χ1) is 13.7. The van der Waals surface area contributed by atoms with Gasteiger partial charge in [-0.15, -0.1) is 0 Å². The molecular weight excluding hydrogens is 356 g/mol. The van der Waals surface area contributed by atoms with Crippen LogP contribution in [0.2, 0.25) is 0 Å². The number of nitrogens with one attached hydrogen (secondary N) is 1. The molecule has 1 aliphatic heterocycles. The molecule has 3 rings (SSSR count). The second-order valence-electron chi connectivity index (χ2n) is 6.39. The van der Waals surface area contributed by atoms with Gasteiger partial charge in [-0.1, -0.05) is 0 Å². The summed E-state index contributed by atoms with van der Waals surface area (Å²) in [5.74, 6) is 1.52. The van der Waals surface area contributed by atoms with Gasteiger partial charge in [-0.05, 0) is 48.5 Å². The number of amides is 2. The highest BCUT2D eigenvalue weighted by Crippen LogP contribution is 2.18. The van der Waals surface area contributed by atoms with E-state index >= 15 is 0 Å². The molecule has 1 N–H and O–H groups in total. The minimum atomic E-state index is -0.0715. The number of hydrogen-bond acceptors (Lipinski definition) is 5. The maximum atomic E-state index is 12.3. The van der Waals surface area contributed by atoms with E-state index in [9.17, 15) is 4.79 Å². The Morgan fingerprint density at radius 3 is 2.29 bits per heavy atom. The van der Waals surface area contributed by atoms with E-state index in [-0.39, 0.29) is 6.03 Å². The van der Waals surface area contributed by atoms with Gasteiger partial charge in [-0.3, -0.25) is 0 Å². The van der Waals surface area contributed by atoms with Crippen LogP contribution in [0.3, 0.4) is 0 Å². The smallest absolute Gasteiger partial charge is 0.317 e. The van der Waals surface area contributed by atoms with Crippen LogP contribution < -0.4 is 19.7 Å². The first-order valence-corrected chi connectivity index (χ1v) is 9.24. The lowest BCUT2D eigenvalue weighted by atomic mass is 10.2. The first kappa shape index (κ1) is 19.4. The van der Waals surface area contributed by atoms with Crippen molar-refractivity contribution in [3.05, 3.63) is 54.1 Å². The molecule has 2 amide bonds. The number of methoxy groups -OCH3 is 1. The molecule has 2 aromatic carbocycles. The van der Waals surface area contributed by atoms with Crippen LogP contribution in [0, 0.1) is 11.3 Å². The van der Waals surface area contributed by atoms with Gasteiger partial charge >= 0.3 is 6.03 Å². The molecule has 0 atom stereocenters. The van der Waals surface area contributed by atoms with E-state index in [1.54, 1.807) is 7.11 Å². The summed E-state index contributed by atoms with van der Waals surface area (Å²) in [4.78, 5) is 16.3. The van der Waals surface area contributed by atoms with Gasteiger partial charge in [0.1, 0.15) is 18.1 Å².